The third-order valence-corrected chi connectivity index (χ3v) is 2.43. The summed E-state index contributed by atoms with van der Waals surface area (Å²) in [6.07, 6.45) is 0.410. The lowest BCUT2D eigenvalue weighted by Gasteiger charge is -2.13. The zero-order valence-corrected chi connectivity index (χ0v) is 10.5. The third kappa shape index (κ3) is 3.90. The van der Waals surface area contributed by atoms with Crippen LogP contribution in [0.3, 0.4) is 0 Å². The van der Waals surface area contributed by atoms with Gasteiger partial charge in [0.25, 0.3) is 0 Å². The maximum absolute atomic E-state index is 11.7. The number of hydrogen-bond acceptors (Lipinski definition) is 5. The van der Waals surface area contributed by atoms with Gasteiger partial charge in [-0.2, -0.15) is 0 Å². The van der Waals surface area contributed by atoms with Gasteiger partial charge in [-0.3, -0.25) is 4.79 Å². The van der Waals surface area contributed by atoms with Crippen LogP contribution >= 0.6 is 0 Å². The van der Waals surface area contributed by atoms with Gasteiger partial charge in [-0.05, 0) is 18.6 Å². The van der Waals surface area contributed by atoms with Crippen LogP contribution in [0.4, 0.5) is 5.69 Å². The highest BCUT2D eigenvalue weighted by Crippen LogP contribution is 2.27. The van der Waals surface area contributed by atoms with Crippen LogP contribution in [0.1, 0.15) is 6.42 Å². The van der Waals surface area contributed by atoms with E-state index in [-0.39, 0.29) is 17.3 Å². The van der Waals surface area contributed by atoms with Gasteiger partial charge in [-0.1, -0.05) is 0 Å². The van der Waals surface area contributed by atoms with Gasteiger partial charge in [0.2, 0.25) is 5.91 Å². The minimum atomic E-state index is -0.685. The monoisotopic (exact) mass is 254 g/mol. The van der Waals surface area contributed by atoms with Crippen molar-refractivity contribution in [3.05, 3.63) is 18.2 Å². The lowest BCUT2D eigenvalue weighted by Crippen LogP contribution is -2.36. The predicted octanol–water partition coefficient (Wildman–Crippen LogP) is 0.703. The summed E-state index contributed by atoms with van der Waals surface area (Å²) >= 11 is 0. The lowest BCUT2D eigenvalue weighted by atomic mass is 10.2. The molecule has 18 heavy (non-hydrogen) atoms. The number of aromatic hydroxyl groups is 1. The molecule has 0 heterocycles. The molecule has 0 aliphatic rings. The van der Waals surface area contributed by atoms with E-state index >= 15 is 0 Å². The van der Waals surface area contributed by atoms with E-state index < -0.39 is 6.04 Å². The number of phenols is 1. The summed E-state index contributed by atoms with van der Waals surface area (Å²) in [5, 5.41) is 12.1. The molecule has 0 bridgehead atoms. The van der Waals surface area contributed by atoms with Gasteiger partial charge in [-0.25, -0.2) is 0 Å². The molecule has 1 aromatic rings. The molecule has 0 fully saturated rings. The van der Waals surface area contributed by atoms with Crippen molar-refractivity contribution in [2.24, 2.45) is 5.73 Å². The minimum absolute atomic E-state index is 0.0388. The van der Waals surface area contributed by atoms with Crippen LogP contribution in [0.25, 0.3) is 0 Å². The Bertz CT molecular complexity index is 409. The molecule has 0 aromatic heterocycles. The number of methoxy groups -OCH3 is 2. The van der Waals surface area contributed by atoms with E-state index in [1.807, 2.05) is 0 Å². The number of nitrogens with one attached hydrogen (secondary N) is 1. The third-order valence-electron chi connectivity index (χ3n) is 2.43. The number of carbonyl (C=O) groups is 1. The van der Waals surface area contributed by atoms with E-state index in [1.54, 1.807) is 13.2 Å². The number of carbonyl (C=O) groups excluding carboxylic acids is 1. The van der Waals surface area contributed by atoms with Gasteiger partial charge in [0.05, 0.1) is 18.8 Å². The highest BCUT2D eigenvalue weighted by molar-refractivity contribution is 5.96. The Morgan fingerprint density at radius 1 is 1.50 bits per heavy atom. The van der Waals surface area contributed by atoms with Crippen LogP contribution in [0.5, 0.6) is 11.5 Å². The Labute approximate surface area is 106 Å². The average molecular weight is 254 g/mol. The maximum atomic E-state index is 11.7. The quantitative estimate of drug-likeness (QED) is 0.650. The van der Waals surface area contributed by atoms with E-state index in [9.17, 15) is 9.90 Å². The molecule has 100 valence electrons. The molecule has 1 atom stereocenters. The van der Waals surface area contributed by atoms with E-state index in [0.29, 0.717) is 18.8 Å². The fourth-order valence-corrected chi connectivity index (χ4v) is 1.34. The van der Waals surface area contributed by atoms with Crippen molar-refractivity contribution in [1.82, 2.24) is 0 Å². The molecule has 1 unspecified atom stereocenters. The Morgan fingerprint density at radius 3 is 2.83 bits per heavy atom. The number of rotatable bonds is 6. The number of hydrogen-bond donors (Lipinski definition) is 3. The lowest BCUT2D eigenvalue weighted by molar-refractivity contribution is -0.117. The number of anilines is 1. The first-order valence-electron chi connectivity index (χ1n) is 5.51. The fraction of sp³-hybridized carbons (Fsp3) is 0.417. The minimum Gasteiger partial charge on any atom is -0.506 e. The zero-order chi connectivity index (χ0) is 13.5. The highest BCUT2D eigenvalue weighted by atomic mass is 16.5. The summed E-state index contributed by atoms with van der Waals surface area (Å²) in [5.74, 6) is 0.118. The smallest absolute Gasteiger partial charge is 0.241 e. The first-order chi connectivity index (χ1) is 8.58. The van der Waals surface area contributed by atoms with Crippen LogP contribution in [0, 0.1) is 0 Å². The largest absolute Gasteiger partial charge is 0.506 e. The van der Waals surface area contributed by atoms with Crippen LogP contribution in [0.2, 0.25) is 0 Å². The number of phenolic OH excluding ortho intramolecular Hbond substituents is 1. The molecule has 0 spiro atoms. The van der Waals surface area contributed by atoms with Gasteiger partial charge >= 0.3 is 0 Å². The van der Waals surface area contributed by atoms with E-state index in [0.717, 1.165) is 0 Å². The van der Waals surface area contributed by atoms with Crippen molar-refractivity contribution in [2.75, 3.05) is 26.1 Å². The number of benzene rings is 1. The highest BCUT2D eigenvalue weighted by Gasteiger charge is 2.15. The van der Waals surface area contributed by atoms with Crippen molar-refractivity contribution in [3.63, 3.8) is 0 Å². The Balaban J connectivity index is 2.68. The molecule has 6 heteroatoms. The number of nitrogens with two attached hydrogens (primary N) is 1. The standard InChI is InChI=1S/C12H18N2O4/c1-17-6-5-9(13)12(16)14-10-7-8(18-2)3-4-11(10)15/h3-4,7,9,15H,5-6,13H2,1-2H3,(H,14,16). The van der Waals surface area contributed by atoms with Crippen LogP contribution in [-0.2, 0) is 9.53 Å². The zero-order valence-electron chi connectivity index (χ0n) is 10.5. The molecule has 0 saturated carbocycles. The summed E-state index contributed by atoms with van der Waals surface area (Å²) in [7, 11) is 3.04. The molecule has 1 amide bonds. The maximum Gasteiger partial charge on any atom is 0.241 e. The van der Waals surface area contributed by atoms with Crippen molar-refractivity contribution < 1.29 is 19.4 Å². The molecule has 0 aliphatic heterocycles. The summed E-state index contributed by atoms with van der Waals surface area (Å²) in [6, 6.07) is 3.87. The molecule has 0 aliphatic carbocycles. The predicted molar refractivity (Wildman–Crippen MR) is 67.8 cm³/mol. The van der Waals surface area contributed by atoms with Crippen molar-refractivity contribution >= 4 is 11.6 Å². The average Bonchev–Trinajstić information content (AvgIpc) is 2.38. The van der Waals surface area contributed by atoms with Crippen molar-refractivity contribution in [2.45, 2.75) is 12.5 Å². The van der Waals surface area contributed by atoms with Gasteiger partial charge in [0.15, 0.2) is 0 Å². The first-order valence-corrected chi connectivity index (χ1v) is 5.51. The molecule has 1 rings (SSSR count). The molecule has 4 N–H and O–H groups in total. The second-order valence-corrected chi connectivity index (χ2v) is 3.76. The fourth-order valence-electron chi connectivity index (χ4n) is 1.34. The van der Waals surface area contributed by atoms with Gasteiger partial charge in [0, 0.05) is 19.8 Å². The number of amides is 1. The Kier molecular flexibility index (Phi) is 5.41. The molecular formula is C12H18N2O4. The normalized spacial score (nSPS) is 11.9. The van der Waals surface area contributed by atoms with E-state index in [4.69, 9.17) is 15.2 Å². The van der Waals surface area contributed by atoms with Crippen LogP contribution in [-0.4, -0.2) is 37.9 Å². The van der Waals surface area contributed by atoms with E-state index in [1.165, 1.54) is 19.2 Å². The first kappa shape index (κ1) is 14.3. The molecule has 0 radical (unpaired) electrons. The van der Waals surface area contributed by atoms with Crippen LogP contribution in [0.15, 0.2) is 18.2 Å². The molecule has 1 aromatic carbocycles. The molecular weight excluding hydrogens is 236 g/mol. The molecule has 6 nitrogen and oxygen atoms in total. The van der Waals surface area contributed by atoms with Gasteiger partial charge in [0.1, 0.15) is 11.5 Å². The van der Waals surface area contributed by atoms with Gasteiger partial charge in [-0.15, -0.1) is 0 Å². The topological polar surface area (TPSA) is 93.8 Å². The SMILES string of the molecule is COCCC(N)C(=O)Nc1cc(OC)ccc1O. The van der Waals surface area contributed by atoms with Gasteiger partial charge < -0.3 is 25.6 Å². The van der Waals surface area contributed by atoms with Crippen molar-refractivity contribution in [3.8, 4) is 11.5 Å². The Morgan fingerprint density at radius 2 is 2.22 bits per heavy atom. The summed E-state index contributed by atoms with van der Waals surface area (Å²) in [4.78, 5) is 11.7. The summed E-state index contributed by atoms with van der Waals surface area (Å²) in [6.45, 7) is 0.401. The second kappa shape index (κ2) is 6.83. The van der Waals surface area contributed by atoms with E-state index in [2.05, 4.69) is 5.32 Å². The van der Waals surface area contributed by atoms with Crippen LogP contribution < -0.4 is 15.8 Å². The summed E-state index contributed by atoms with van der Waals surface area (Å²) < 4.78 is 9.85. The molecule has 0 saturated heterocycles. The van der Waals surface area contributed by atoms with Crippen molar-refractivity contribution in [1.29, 1.82) is 0 Å². The number of ether oxygens (including phenoxy) is 2. The summed E-state index contributed by atoms with van der Waals surface area (Å²) in [5.41, 5.74) is 5.94. The Hall–Kier alpha value is -1.79. The second-order valence-electron chi connectivity index (χ2n) is 3.76.